The second-order valence-corrected chi connectivity index (χ2v) is 8.37. The molecule has 180 valence electrons. The minimum absolute atomic E-state index is 0.0758. The number of methoxy groups -OCH3 is 1. The van der Waals surface area contributed by atoms with Crippen LogP contribution in [0.3, 0.4) is 0 Å². The molecule has 0 saturated heterocycles. The predicted octanol–water partition coefficient (Wildman–Crippen LogP) is 2.68. The van der Waals surface area contributed by atoms with Gasteiger partial charge in [0.15, 0.2) is 0 Å². The highest BCUT2D eigenvalue weighted by Gasteiger charge is 2.32. The Balaban J connectivity index is 1.65. The highest BCUT2D eigenvalue weighted by atomic mass is 16.5. The molecule has 2 aromatic rings. The summed E-state index contributed by atoms with van der Waals surface area (Å²) in [5.74, 6) is -3.41. The van der Waals surface area contributed by atoms with Crippen molar-refractivity contribution in [1.29, 1.82) is 0 Å². The van der Waals surface area contributed by atoms with Crippen molar-refractivity contribution < 1.29 is 33.8 Å². The molecule has 2 amide bonds. The molecule has 1 aliphatic rings. The van der Waals surface area contributed by atoms with Crippen LogP contribution in [0.4, 0.5) is 4.79 Å². The van der Waals surface area contributed by atoms with Crippen molar-refractivity contribution >= 4 is 23.9 Å². The van der Waals surface area contributed by atoms with E-state index in [1.807, 2.05) is 48.5 Å². The molecule has 1 aliphatic carbocycles. The normalized spacial score (nSPS) is 13.9. The molecule has 0 aliphatic heterocycles. The Morgan fingerprint density at radius 1 is 0.941 bits per heavy atom. The first-order chi connectivity index (χ1) is 16.2. The van der Waals surface area contributed by atoms with Crippen LogP contribution in [0.25, 0.3) is 11.1 Å². The molecular weight excluding hydrogens is 440 g/mol. The van der Waals surface area contributed by atoms with Crippen molar-refractivity contribution in [3.05, 3.63) is 59.7 Å². The van der Waals surface area contributed by atoms with Gasteiger partial charge in [0.25, 0.3) is 0 Å². The highest BCUT2D eigenvalue weighted by molar-refractivity contribution is 5.91. The number of amides is 2. The van der Waals surface area contributed by atoms with Crippen LogP contribution in [0, 0.1) is 5.92 Å². The third-order valence-corrected chi connectivity index (χ3v) is 5.78. The van der Waals surface area contributed by atoms with Crippen LogP contribution in [-0.4, -0.2) is 54.8 Å². The Labute approximate surface area is 197 Å². The van der Waals surface area contributed by atoms with Gasteiger partial charge >= 0.3 is 18.0 Å². The van der Waals surface area contributed by atoms with Crippen LogP contribution in [0.1, 0.15) is 37.3 Å². The lowest BCUT2D eigenvalue weighted by molar-refractivity contribution is -0.149. The van der Waals surface area contributed by atoms with E-state index >= 15 is 0 Å². The number of rotatable bonds is 9. The van der Waals surface area contributed by atoms with Crippen LogP contribution in [0.5, 0.6) is 0 Å². The van der Waals surface area contributed by atoms with Crippen LogP contribution in [-0.2, 0) is 23.9 Å². The summed E-state index contributed by atoms with van der Waals surface area (Å²) in [6.45, 7) is 3.47. The zero-order chi connectivity index (χ0) is 24.8. The van der Waals surface area contributed by atoms with E-state index in [2.05, 4.69) is 15.4 Å². The van der Waals surface area contributed by atoms with Gasteiger partial charge < -0.3 is 25.2 Å². The Kier molecular flexibility index (Phi) is 7.88. The summed E-state index contributed by atoms with van der Waals surface area (Å²) in [6.07, 6.45) is -1.33. The van der Waals surface area contributed by atoms with Gasteiger partial charge in [0.2, 0.25) is 5.91 Å². The molecule has 0 aromatic heterocycles. The minimum atomic E-state index is -1.48. The van der Waals surface area contributed by atoms with Crippen LogP contribution in [0.15, 0.2) is 48.5 Å². The fourth-order valence-corrected chi connectivity index (χ4v) is 4.01. The Bertz CT molecular complexity index is 1040. The van der Waals surface area contributed by atoms with E-state index in [1.165, 1.54) is 0 Å². The summed E-state index contributed by atoms with van der Waals surface area (Å²) < 4.78 is 9.96. The van der Waals surface area contributed by atoms with Gasteiger partial charge in [-0.05, 0) is 28.2 Å². The van der Waals surface area contributed by atoms with E-state index in [-0.39, 0.29) is 18.4 Å². The number of nitrogens with one attached hydrogen (secondary N) is 2. The van der Waals surface area contributed by atoms with Crippen LogP contribution < -0.4 is 10.6 Å². The van der Waals surface area contributed by atoms with Crippen LogP contribution >= 0.6 is 0 Å². The first kappa shape index (κ1) is 24.8. The van der Waals surface area contributed by atoms with E-state index in [4.69, 9.17) is 4.74 Å². The van der Waals surface area contributed by atoms with Gasteiger partial charge in [-0.15, -0.1) is 0 Å². The standard InChI is InChI=1S/C25H28N2O7/c1-14(2)22(23(29)26-20(24(30)31)12-21(28)33-3)27-25(32)34-13-19-17-10-6-4-8-15(17)16-9-5-7-11-18(16)19/h4-11,14,19-20,22H,12-13H2,1-3H3,(H,26,29)(H,27,32)(H,30,31)/t20-,22+/m0/s1. The summed E-state index contributed by atoms with van der Waals surface area (Å²) in [6, 6.07) is 13.3. The number of ether oxygens (including phenoxy) is 2. The summed E-state index contributed by atoms with van der Waals surface area (Å²) in [7, 11) is 1.12. The third kappa shape index (κ3) is 5.54. The van der Waals surface area contributed by atoms with E-state index in [9.17, 15) is 24.3 Å². The van der Waals surface area contributed by atoms with Gasteiger partial charge in [-0.1, -0.05) is 62.4 Å². The summed E-state index contributed by atoms with van der Waals surface area (Å²) in [5.41, 5.74) is 4.30. The molecule has 9 heteroatoms. The van der Waals surface area contributed by atoms with E-state index in [0.717, 1.165) is 29.4 Å². The van der Waals surface area contributed by atoms with Gasteiger partial charge in [-0.2, -0.15) is 0 Å². The fraction of sp³-hybridized carbons (Fsp3) is 0.360. The van der Waals surface area contributed by atoms with Crippen molar-refractivity contribution in [3.8, 4) is 11.1 Å². The molecule has 3 rings (SSSR count). The molecule has 0 heterocycles. The number of carboxylic acids is 1. The van der Waals surface area contributed by atoms with Crippen molar-refractivity contribution in [2.24, 2.45) is 5.92 Å². The fourth-order valence-electron chi connectivity index (χ4n) is 4.01. The van der Waals surface area contributed by atoms with Crippen LogP contribution in [0.2, 0.25) is 0 Å². The number of esters is 1. The molecule has 2 aromatic carbocycles. The summed E-state index contributed by atoms with van der Waals surface area (Å²) >= 11 is 0. The average molecular weight is 469 g/mol. The third-order valence-electron chi connectivity index (χ3n) is 5.78. The largest absolute Gasteiger partial charge is 0.480 e. The number of carbonyl (C=O) groups excluding carboxylic acids is 3. The number of carbonyl (C=O) groups is 4. The number of alkyl carbamates (subject to hydrolysis) is 1. The van der Waals surface area contributed by atoms with E-state index in [1.54, 1.807) is 13.8 Å². The van der Waals surface area contributed by atoms with Crippen molar-refractivity contribution in [2.45, 2.75) is 38.3 Å². The molecule has 0 spiro atoms. The van der Waals surface area contributed by atoms with Crippen molar-refractivity contribution in [2.75, 3.05) is 13.7 Å². The molecule has 0 bridgehead atoms. The van der Waals surface area contributed by atoms with Gasteiger partial charge in [-0.25, -0.2) is 9.59 Å². The zero-order valence-corrected chi connectivity index (χ0v) is 19.2. The zero-order valence-electron chi connectivity index (χ0n) is 19.2. The maximum atomic E-state index is 12.7. The molecular formula is C25H28N2O7. The number of aliphatic carboxylic acids is 1. The van der Waals surface area contributed by atoms with Gasteiger partial charge in [0.05, 0.1) is 13.5 Å². The number of hydrogen-bond acceptors (Lipinski definition) is 6. The average Bonchev–Trinajstić information content (AvgIpc) is 3.14. The lowest BCUT2D eigenvalue weighted by Crippen LogP contribution is -2.54. The molecule has 9 nitrogen and oxygen atoms in total. The number of hydrogen-bond donors (Lipinski definition) is 3. The second kappa shape index (κ2) is 10.8. The quantitative estimate of drug-likeness (QED) is 0.482. The monoisotopic (exact) mass is 468 g/mol. The smallest absolute Gasteiger partial charge is 0.407 e. The summed E-state index contributed by atoms with van der Waals surface area (Å²) in [5, 5.41) is 14.1. The Hall–Kier alpha value is -3.88. The lowest BCUT2D eigenvalue weighted by Gasteiger charge is -2.24. The minimum Gasteiger partial charge on any atom is -0.480 e. The first-order valence-corrected chi connectivity index (χ1v) is 10.9. The Morgan fingerprint density at radius 3 is 2.00 bits per heavy atom. The maximum Gasteiger partial charge on any atom is 0.407 e. The molecule has 2 atom stereocenters. The van der Waals surface area contributed by atoms with Crippen molar-refractivity contribution in [3.63, 3.8) is 0 Å². The number of carboxylic acid groups (broad SMARTS) is 1. The molecule has 0 saturated carbocycles. The van der Waals surface area contributed by atoms with Gasteiger partial charge in [-0.3, -0.25) is 9.59 Å². The predicted molar refractivity (Wildman–Crippen MR) is 123 cm³/mol. The van der Waals surface area contributed by atoms with E-state index < -0.39 is 42.4 Å². The highest BCUT2D eigenvalue weighted by Crippen LogP contribution is 2.44. The first-order valence-electron chi connectivity index (χ1n) is 10.9. The van der Waals surface area contributed by atoms with Gasteiger partial charge in [0.1, 0.15) is 18.7 Å². The molecule has 0 fully saturated rings. The topological polar surface area (TPSA) is 131 Å². The summed E-state index contributed by atoms with van der Waals surface area (Å²) in [4.78, 5) is 48.1. The SMILES string of the molecule is COC(=O)C[C@H](NC(=O)[C@H](NC(=O)OCC1c2ccccc2-c2ccccc21)C(C)C)C(=O)O. The second-order valence-electron chi connectivity index (χ2n) is 8.37. The Morgan fingerprint density at radius 2 is 1.50 bits per heavy atom. The maximum absolute atomic E-state index is 12.7. The van der Waals surface area contributed by atoms with E-state index in [0.29, 0.717) is 0 Å². The van der Waals surface area contributed by atoms with Gasteiger partial charge in [0, 0.05) is 5.92 Å². The lowest BCUT2D eigenvalue weighted by atomic mass is 9.98. The molecule has 3 N–H and O–H groups in total. The number of benzene rings is 2. The van der Waals surface area contributed by atoms with Crippen molar-refractivity contribution in [1.82, 2.24) is 10.6 Å². The molecule has 0 radical (unpaired) electrons. The number of fused-ring (bicyclic) bond motifs is 3. The molecule has 0 unspecified atom stereocenters. The molecule has 34 heavy (non-hydrogen) atoms.